The number of nitrogens with zero attached hydrogens (tertiary/aromatic N) is 3. The summed E-state index contributed by atoms with van der Waals surface area (Å²) >= 11 is 1.42. The topological polar surface area (TPSA) is 78.3 Å². The Kier molecular flexibility index (Phi) is 8.01. The molecule has 1 atom stereocenters. The highest BCUT2D eigenvalue weighted by molar-refractivity contribution is 7.99. The van der Waals surface area contributed by atoms with Crippen molar-refractivity contribution in [2.75, 3.05) is 12.9 Å². The van der Waals surface area contributed by atoms with E-state index >= 15 is 0 Å². The summed E-state index contributed by atoms with van der Waals surface area (Å²) in [5.74, 6) is 2.59. The number of thioether (sulfide) groups is 1. The van der Waals surface area contributed by atoms with E-state index in [1.54, 1.807) is 7.11 Å². The molecule has 1 fully saturated rings. The summed E-state index contributed by atoms with van der Waals surface area (Å²) in [4.78, 5) is 12.4. The number of aromatic nitrogens is 3. The molecule has 1 aromatic carbocycles. The van der Waals surface area contributed by atoms with Crippen LogP contribution in [0.4, 0.5) is 0 Å². The third-order valence-electron chi connectivity index (χ3n) is 5.23. The van der Waals surface area contributed by atoms with E-state index in [4.69, 9.17) is 9.47 Å². The van der Waals surface area contributed by atoms with Gasteiger partial charge in [-0.1, -0.05) is 37.1 Å². The van der Waals surface area contributed by atoms with Gasteiger partial charge in [-0.3, -0.25) is 4.79 Å². The molecule has 30 heavy (non-hydrogen) atoms. The smallest absolute Gasteiger partial charge is 0.230 e. The van der Waals surface area contributed by atoms with Gasteiger partial charge in [0.1, 0.15) is 11.5 Å². The molecule has 0 radical (unpaired) electrons. The molecule has 164 valence electrons. The lowest BCUT2D eigenvalue weighted by Crippen LogP contribution is -2.37. The summed E-state index contributed by atoms with van der Waals surface area (Å²) < 4.78 is 13.4. The van der Waals surface area contributed by atoms with Crippen molar-refractivity contribution in [1.29, 1.82) is 0 Å². The number of ether oxygens (including phenoxy) is 2. The van der Waals surface area contributed by atoms with E-state index in [0.717, 1.165) is 29.6 Å². The number of carbonyl (C=O) groups excluding carboxylic acids is 1. The van der Waals surface area contributed by atoms with E-state index in [1.807, 2.05) is 35.8 Å². The second kappa shape index (κ2) is 10.7. The SMILES string of the molecule is COc1cccc(OC(C)c2nnc(SCC(=O)NC3CCCCC3)n2C(C)C)c1. The van der Waals surface area contributed by atoms with Crippen LogP contribution in [0.1, 0.15) is 70.8 Å². The molecule has 1 aromatic heterocycles. The van der Waals surface area contributed by atoms with E-state index < -0.39 is 0 Å². The number of hydrogen-bond donors (Lipinski definition) is 1. The number of rotatable bonds is 9. The number of amides is 1. The fourth-order valence-electron chi connectivity index (χ4n) is 3.73. The third kappa shape index (κ3) is 5.90. The van der Waals surface area contributed by atoms with Gasteiger partial charge < -0.3 is 19.4 Å². The first-order valence-electron chi connectivity index (χ1n) is 10.7. The standard InChI is InChI=1S/C22H32N4O3S/c1-15(2)26-21(16(3)29-19-12-8-11-18(13-19)28-4)24-25-22(26)30-14-20(27)23-17-9-6-5-7-10-17/h8,11-13,15-17H,5-7,9-10,14H2,1-4H3,(H,23,27). The van der Waals surface area contributed by atoms with Gasteiger partial charge in [-0.25, -0.2) is 0 Å². The van der Waals surface area contributed by atoms with Crippen molar-refractivity contribution in [1.82, 2.24) is 20.1 Å². The van der Waals surface area contributed by atoms with Crippen molar-refractivity contribution >= 4 is 17.7 Å². The molecule has 1 aliphatic rings. The molecule has 0 saturated heterocycles. The zero-order valence-corrected chi connectivity index (χ0v) is 19.1. The molecule has 1 aliphatic carbocycles. The Hall–Kier alpha value is -2.22. The van der Waals surface area contributed by atoms with Crippen molar-refractivity contribution in [3.05, 3.63) is 30.1 Å². The molecular weight excluding hydrogens is 400 g/mol. The van der Waals surface area contributed by atoms with E-state index in [1.165, 1.54) is 31.0 Å². The minimum absolute atomic E-state index is 0.0624. The van der Waals surface area contributed by atoms with Gasteiger partial charge in [0.15, 0.2) is 17.1 Å². The molecule has 0 aliphatic heterocycles. The zero-order valence-electron chi connectivity index (χ0n) is 18.3. The molecule has 1 unspecified atom stereocenters. The lowest BCUT2D eigenvalue weighted by Gasteiger charge is -2.22. The normalized spacial score (nSPS) is 15.8. The lowest BCUT2D eigenvalue weighted by atomic mass is 9.95. The number of carbonyl (C=O) groups is 1. The van der Waals surface area contributed by atoms with Crippen molar-refractivity contribution in [2.24, 2.45) is 0 Å². The number of hydrogen-bond acceptors (Lipinski definition) is 6. The largest absolute Gasteiger partial charge is 0.497 e. The fraction of sp³-hybridized carbons (Fsp3) is 0.591. The molecule has 8 heteroatoms. The molecule has 1 saturated carbocycles. The molecule has 7 nitrogen and oxygen atoms in total. The van der Waals surface area contributed by atoms with Crippen LogP contribution in [0.5, 0.6) is 11.5 Å². The molecular formula is C22H32N4O3S. The number of nitrogens with one attached hydrogen (secondary N) is 1. The second-order valence-corrected chi connectivity index (χ2v) is 8.88. The van der Waals surface area contributed by atoms with Crippen LogP contribution in [0, 0.1) is 0 Å². The average Bonchev–Trinajstić information content (AvgIpc) is 3.18. The second-order valence-electron chi connectivity index (χ2n) is 7.93. The van der Waals surface area contributed by atoms with E-state index in [0.29, 0.717) is 17.5 Å². The Morgan fingerprint density at radius 2 is 1.93 bits per heavy atom. The van der Waals surface area contributed by atoms with Crippen LogP contribution < -0.4 is 14.8 Å². The highest BCUT2D eigenvalue weighted by atomic mass is 32.2. The zero-order chi connectivity index (χ0) is 21.5. The summed E-state index contributed by atoms with van der Waals surface area (Å²) in [6.45, 7) is 6.11. The van der Waals surface area contributed by atoms with Crippen LogP contribution >= 0.6 is 11.8 Å². The van der Waals surface area contributed by atoms with Crippen LogP contribution in [-0.4, -0.2) is 39.6 Å². The van der Waals surface area contributed by atoms with Crippen molar-refractivity contribution in [2.45, 2.75) is 76.2 Å². The highest BCUT2D eigenvalue weighted by Crippen LogP contribution is 2.29. The maximum atomic E-state index is 12.4. The quantitative estimate of drug-likeness (QED) is 0.586. The Morgan fingerprint density at radius 1 is 1.20 bits per heavy atom. The van der Waals surface area contributed by atoms with Gasteiger partial charge in [0, 0.05) is 18.2 Å². The van der Waals surface area contributed by atoms with E-state index in [-0.39, 0.29) is 18.1 Å². The van der Waals surface area contributed by atoms with Gasteiger partial charge in [0.2, 0.25) is 5.91 Å². The third-order valence-corrected chi connectivity index (χ3v) is 6.17. The fourth-order valence-corrected chi connectivity index (χ4v) is 4.61. The van der Waals surface area contributed by atoms with Gasteiger partial charge in [0.05, 0.1) is 12.9 Å². The number of methoxy groups -OCH3 is 1. The first-order valence-corrected chi connectivity index (χ1v) is 11.6. The van der Waals surface area contributed by atoms with Crippen molar-refractivity contribution < 1.29 is 14.3 Å². The van der Waals surface area contributed by atoms with Gasteiger partial charge in [-0.2, -0.15) is 0 Å². The molecule has 1 heterocycles. The van der Waals surface area contributed by atoms with Gasteiger partial charge >= 0.3 is 0 Å². The van der Waals surface area contributed by atoms with Gasteiger partial charge in [-0.15, -0.1) is 10.2 Å². The first-order chi connectivity index (χ1) is 14.5. The average molecular weight is 433 g/mol. The summed E-state index contributed by atoms with van der Waals surface area (Å²) in [7, 11) is 1.63. The minimum atomic E-state index is -0.294. The van der Waals surface area contributed by atoms with Gasteiger partial charge in [-0.05, 0) is 45.7 Å². The molecule has 2 aromatic rings. The maximum Gasteiger partial charge on any atom is 0.230 e. The Balaban J connectivity index is 1.64. The summed E-state index contributed by atoms with van der Waals surface area (Å²) in [5.41, 5.74) is 0. The molecule has 0 bridgehead atoms. The predicted molar refractivity (Wildman–Crippen MR) is 118 cm³/mol. The van der Waals surface area contributed by atoms with Crippen molar-refractivity contribution in [3.63, 3.8) is 0 Å². The molecule has 3 rings (SSSR count). The van der Waals surface area contributed by atoms with Crippen molar-refractivity contribution in [3.8, 4) is 11.5 Å². The minimum Gasteiger partial charge on any atom is -0.497 e. The molecule has 0 spiro atoms. The van der Waals surface area contributed by atoms with E-state index in [9.17, 15) is 4.79 Å². The number of benzene rings is 1. The Labute approximate surface area is 182 Å². The van der Waals surface area contributed by atoms with Gasteiger partial charge in [0.25, 0.3) is 0 Å². The lowest BCUT2D eigenvalue weighted by molar-refractivity contribution is -0.119. The first kappa shape index (κ1) is 22.5. The van der Waals surface area contributed by atoms with Crippen LogP contribution in [0.3, 0.4) is 0 Å². The Morgan fingerprint density at radius 3 is 2.63 bits per heavy atom. The molecule has 1 N–H and O–H groups in total. The summed E-state index contributed by atoms with van der Waals surface area (Å²) in [6.07, 6.45) is 5.56. The van der Waals surface area contributed by atoms with Crippen LogP contribution in [0.2, 0.25) is 0 Å². The van der Waals surface area contributed by atoms with E-state index in [2.05, 4.69) is 29.4 Å². The predicted octanol–water partition coefficient (Wildman–Crippen LogP) is 4.55. The Bertz CT molecular complexity index is 834. The van der Waals surface area contributed by atoms with Crippen LogP contribution in [0.25, 0.3) is 0 Å². The summed E-state index contributed by atoms with van der Waals surface area (Å²) in [5, 5.41) is 12.6. The monoisotopic (exact) mass is 432 g/mol. The maximum absolute atomic E-state index is 12.4. The van der Waals surface area contributed by atoms with Crippen LogP contribution in [-0.2, 0) is 4.79 Å². The highest BCUT2D eigenvalue weighted by Gasteiger charge is 2.23. The molecule has 1 amide bonds. The summed E-state index contributed by atoms with van der Waals surface area (Å²) in [6, 6.07) is 7.97. The van der Waals surface area contributed by atoms with Crippen LogP contribution in [0.15, 0.2) is 29.4 Å².